The summed E-state index contributed by atoms with van der Waals surface area (Å²) in [5.74, 6) is -0.114. The van der Waals surface area contributed by atoms with Crippen molar-refractivity contribution >= 4 is 27.5 Å². The largest absolute Gasteiger partial charge is 0.408 e. The lowest BCUT2D eigenvalue weighted by Crippen LogP contribution is -2.31. The van der Waals surface area contributed by atoms with Crippen LogP contribution in [0, 0.1) is 0 Å². The van der Waals surface area contributed by atoms with Crippen LogP contribution in [-0.2, 0) is 11.3 Å². The Kier molecular flexibility index (Phi) is 5.76. The highest BCUT2D eigenvalue weighted by atomic mass is 79.9. The standard InChI is InChI=1S/C11H14BrF3N4O2/c1-18(2)8(20)3-4-16-7-5-17-19(6-11(13,14)15)10(21)9(7)12/h5,16H,3-4,6H2,1-2H3. The van der Waals surface area contributed by atoms with Crippen molar-refractivity contribution in [3.8, 4) is 0 Å². The van der Waals surface area contributed by atoms with E-state index >= 15 is 0 Å². The molecule has 0 aromatic carbocycles. The summed E-state index contributed by atoms with van der Waals surface area (Å²) in [5, 5.41) is 6.23. The first-order valence-electron chi connectivity index (χ1n) is 5.88. The molecule has 0 radical (unpaired) electrons. The van der Waals surface area contributed by atoms with Crippen LogP contribution in [0.25, 0.3) is 0 Å². The summed E-state index contributed by atoms with van der Waals surface area (Å²) in [6, 6.07) is 0. The summed E-state index contributed by atoms with van der Waals surface area (Å²) < 4.78 is 37.0. The average Bonchev–Trinajstić information content (AvgIpc) is 2.36. The number of amides is 1. The van der Waals surface area contributed by atoms with E-state index in [0.717, 1.165) is 6.20 Å². The van der Waals surface area contributed by atoms with Crippen molar-refractivity contribution in [1.82, 2.24) is 14.7 Å². The number of nitrogens with zero attached hydrogens (tertiary/aromatic N) is 3. The molecule has 1 rings (SSSR count). The number of hydrogen-bond acceptors (Lipinski definition) is 4. The lowest BCUT2D eigenvalue weighted by Gasteiger charge is -2.13. The predicted molar refractivity (Wildman–Crippen MR) is 74.1 cm³/mol. The van der Waals surface area contributed by atoms with Gasteiger partial charge in [0.05, 0.1) is 11.9 Å². The minimum Gasteiger partial charge on any atom is -0.382 e. The number of halogens is 4. The predicted octanol–water partition coefficient (Wildman–Crippen LogP) is 1.46. The molecule has 1 N–H and O–H groups in total. The van der Waals surface area contributed by atoms with Crippen molar-refractivity contribution in [2.45, 2.75) is 19.1 Å². The molecule has 10 heteroatoms. The summed E-state index contributed by atoms with van der Waals surface area (Å²) >= 11 is 2.94. The van der Waals surface area contributed by atoms with E-state index in [4.69, 9.17) is 0 Å². The summed E-state index contributed by atoms with van der Waals surface area (Å²) in [5.41, 5.74) is -0.652. The van der Waals surface area contributed by atoms with Gasteiger partial charge in [-0.1, -0.05) is 0 Å². The molecule has 1 amide bonds. The van der Waals surface area contributed by atoms with Crippen LogP contribution in [0.5, 0.6) is 0 Å². The molecule has 0 aliphatic carbocycles. The fraction of sp³-hybridized carbons (Fsp3) is 0.545. The first-order chi connectivity index (χ1) is 9.61. The molecule has 0 aliphatic heterocycles. The number of aromatic nitrogens is 2. The van der Waals surface area contributed by atoms with Crippen LogP contribution >= 0.6 is 15.9 Å². The second kappa shape index (κ2) is 6.92. The quantitative estimate of drug-likeness (QED) is 0.851. The summed E-state index contributed by atoms with van der Waals surface area (Å²) in [7, 11) is 3.22. The van der Waals surface area contributed by atoms with E-state index in [-0.39, 0.29) is 29.0 Å². The molecule has 0 saturated heterocycles. The van der Waals surface area contributed by atoms with Crippen molar-refractivity contribution in [2.75, 3.05) is 26.0 Å². The highest BCUT2D eigenvalue weighted by Crippen LogP contribution is 2.19. The number of alkyl halides is 3. The summed E-state index contributed by atoms with van der Waals surface area (Å²) in [4.78, 5) is 24.5. The molecule has 1 aromatic rings. The van der Waals surface area contributed by atoms with Crippen LogP contribution in [0.4, 0.5) is 18.9 Å². The molecule has 1 aromatic heterocycles. The molecule has 0 saturated carbocycles. The van der Waals surface area contributed by atoms with Gasteiger partial charge in [-0.25, -0.2) is 4.68 Å². The molecule has 0 atom stereocenters. The zero-order valence-corrected chi connectivity index (χ0v) is 13.0. The van der Waals surface area contributed by atoms with Gasteiger partial charge in [-0.15, -0.1) is 0 Å². The second-order valence-electron chi connectivity index (χ2n) is 4.42. The molecule has 0 unspecified atom stereocenters. The van der Waals surface area contributed by atoms with Crippen LogP contribution in [0.1, 0.15) is 6.42 Å². The monoisotopic (exact) mass is 370 g/mol. The van der Waals surface area contributed by atoms with Crippen LogP contribution in [0.2, 0.25) is 0 Å². The van der Waals surface area contributed by atoms with E-state index < -0.39 is 18.3 Å². The molecule has 6 nitrogen and oxygen atoms in total. The number of carbonyl (C=O) groups excluding carboxylic acids is 1. The van der Waals surface area contributed by atoms with Crippen molar-refractivity contribution in [1.29, 1.82) is 0 Å². The maximum Gasteiger partial charge on any atom is 0.408 e. The van der Waals surface area contributed by atoms with Gasteiger partial charge in [0.2, 0.25) is 5.91 Å². The van der Waals surface area contributed by atoms with E-state index in [2.05, 4.69) is 26.3 Å². The Morgan fingerprint density at radius 1 is 1.48 bits per heavy atom. The Morgan fingerprint density at radius 2 is 2.10 bits per heavy atom. The summed E-state index contributed by atoms with van der Waals surface area (Å²) in [6.07, 6.45) is -3.23. The van der Waals surface area contributed by atoms with Crippen molar-refractivity contribution < 1.29 is 18.0 Å². The zero-order chi connectivity index (χ0) is 16.2. The van der Waals surface area contributed by atoms with Crippen molar-refractivity contribution in [2.24, 2.45) is 0 Å². The SMILES string of the molecule is CN(C)C(=O)CCNc1cnn(CC(F)(F)F)c(=O)c1Br. The fourth-order valence-electron chi connectivity index (χ4n) is 1.40. The normalized spacial score (nSPS) is 11.3. The van der Waals surface area contributed by atoms with Gasteiger partial charge in [-0.3, -0.25) is 9.59 Å². The van der Waals surface area contributed by atoms with E-state index in [0.29, 0.717) is 4.68 Å². The van der Waals surface area contributed by atoms with Gasteiger partial charge in [-0.2, -0.15) is 18.3 Å². The lowest BCUT2D eigenvalue weighted by molar-refractivity contribution is -0.143. The maximum absolute atomic E-state index is 12.2. The Labute approximate surface area is 127 Å². The van der Waals surface area contributed by atoms with Gasteiger partial charge in [0.15, 0.2) is 0 Å². The molecule has 0 fully saturated rings. The van der Waals surface area contributed by atoms with Gasteiger partial charge in [-0.05, 0) is 15.9 Å². The minimum absolute atomic E-state index is 0.0564. The molecule has 0 bridgehead atoms. The molecule has 0 spiro atoms. The van der Waals surface area contributed by atoms with E-state index in [1.54, 1.807) is 14.1 Å². The highest BCUT2D eigenvalue weighted by Gasteiger charge is 2.29. The zero-order valence-electron chi connectivity index (χ0n) is 11.4. The van der Waals surface area contributed by atoms with Crippen molar-refractivity contribution in [3.63, 3.8) is 0 Å². The van der Waals surface area contributed by atoms with Crippen LogP contribution in [0.3, 0.4) is 0 Å². The molecule has 21 heavy (non-hydrogen) atoms. The molecule has 0 aliphatic rings. The van der Waals surface area contributed by atoms with Gasteiger partial charge in [0, 0.05) is 27.1 Å². The number of rotatable bonds is 5. The molecular weight excluding hydrogens is 357 g/mol. The third kappa shape index (κ3) is 5.37. The first kappa shape index (κ1) is 17.5. The Balaban J connectivity index is 2.76. The van der Waals surface area contributed by atoms with Crippen LogP contribution in [0.15, 0.2) is 15.5 Å². The molecular formula is C11H14BrF3N4O2. The Hall–Kier alpha value is -1.58. The second-order valence-corrected chi connectivity index (χ2v) is 5.21. The van der Waals surface area contributed by atoms with Gasteiger partial charge in [0.25, 0.3) is 5.56 Å². The van der Waals surface area contributed by atoms with E-state index in [9.17, 15) is 22.8 Å². The highest BCUT2D eigenvalue weighted by molar-refractivity contribution is 9.10. The number of carbonyl (C=O) groups is 1. The Bertz CT molecular complexity index is 572. The number of anilines is 1. The van der Waals surface area contributed by atoms with E-state index in [1.165, 1.54) is 4.90 Å². The van der Waals surface area contributed by atoms with Gasteiger partial charge >= 0.3 is 6.18 Å². The van der Waals surface area contributed by atoms with Crippen molar-refractivity contribution in [3.05, 3.63) is 21.0 Å². The average molecular weight is 371 g/mol. The lowest BCUT2D eigenvalue weighted by atomic mass is 10.3. The first-order valence-corrected chi connectivity index (χ1v) is 6.67. The van der Waals surface area contributed by atoms with Gasteiger partial charge in [0.1, 0.15) is 11.0 Å². The molecule has 1 heterocycles. The topological polar surface area (TPSA) is 67.2 Å². The Morgan fingerprint density at radius 3 is 2.62 bits per heavy atom. The van der Waals surface area contributed by atoms with Crippen LogP contribution < -0.4 is 10.9 Å². The fourth-order valence-corrected chi connectivity index (χ4v) is 1.85. The third-order valence-electron chi connectivity index (χ3n) is 2.47. The minimum atomic E-state index is -4.52. The summed E-state index contributed by atoms with van der Waals surface area (Å²) in [6.45, 7) is -1.22. The molecule has 118 valence electrons. The van der Waals surface area contributed by atoms with Gasteiger partial charge < -0.3 is 10.2 Å². The number of nitrogens with one attached hydrogen (secondary N) is 1. The smallest absolute Gasteiger partial charge is 0.382 e. The van der Waals surface area contributed by atoms with E-state index in [1.807, 2.05) is 0 Å². The number of hydrogen-bond donors (Lipinski definition) is 1. The van der Waals surface area contributed by atoms with Crippen LogP contribution in [-0.4, -0.2) is 47.4 Å². The maximum atomic E-state index is 12.2. The third-order valence-corrected chi connectivity index (χ3v) is 3.23.